The molecule has 0 radical (unpaired) electrons. The molecule has 0 saturated heterocycles. The summed E-state index contributed by atoms with van der Waals surface area (Å²) in [5, 5.41) is 2.75. The van der Waals surface area contributed by atoms with Crippen molar-refractivity contribution in [2.24, 2.45) is 0 Å². The second-order valence-electron chi connectivity index (χ2n) is 5.84. The van der Waals surface area contributed by atoms with Crippen LogP contribution in [0, 0.1) is 0 Å². The Labute approximate surface area is 176 Å². The number of halogens is 2. The highest BCUT2D eigenvalue weighted by Crippen LogP contribution is 2.46. The summed E-state index contributed by atoms with van der Waals surface area (Å²) in [4.78, 5) is 8.92. The molecule has 2 aromatic heterocycles. The van der Waals surface area contributed by atoms with Crippen LogP contribution in [0.1, 0.15) is 16.3 Å². The number of benzene rings is 2. The van der Waals surface area contributed by atoms with Gasteiger partial charge in [0.05, 0.1) is 17.3 Å². The van der Waals surface area contributed by atoms with Crippen LogP contribution in [0.4, 0.5) is 0 Å². The van der Waals surface area contributed by atoms with E-state index in [0.717, 1.165) is 21.2 Å². The van der Waals surface area contributed by atoms with E-state index >= 15 is 0 Å². The molecular weight excluding hydrogens is 417 g/mol. The number of thiazole rings is 1. The van der Waals surface area contributed by atoms with Gasteiger partial charge >= 0.3 is 0 Å². The number of hydrogen-bond acceptors (Lipinski definition) is 4. The van der Waals surface area contributed by atoms with Crippen LogP contribution in [-0.4, -0.2) is 14.5 Å². The van der Waals surface area contributed by atoms with E-state index in [4.69, 9.17) is 28.2 Å². The first-order chi connectivity index (χ1) is 13.2. The molecule has 0 aliphatic heterocycles. The van der Waals surface area contributed by atoms with Gasteiger partial charge < -0.3 is 4.57 Å². The zero-order valence-corrected chi connectivity index (χ0v) is 17.2. The molecule has 0 spiro atoms. The van der Waals surface area contributed by atoms with Crippen LogP contribution in [0.5, 0.6) is 0 Å². The second kappa shape index (κ2) is 8.48. The number of hydrogen-bond donors (Lipinski definition) is 0. The van der Waals surface area contributed by atoms with Gasteiger partial charge in [-0.1, -0.05) is 77.4 Å². The third kappa shape index (κ3) is 4.38. The van der Waals surface area contributed by atoms with E-state index in [1.54, 1.807) is 35.6 Å². The van der Waals surface area contributed by atoms with Crippen molar-refractivity contribution in [2.45, 2.75) is 15.1 Å². The molecule has 2 aromatic carbocycles. The van der Waals surface area contributed by atoms with Crippen LogP contribution < -0.4 is 0 Å². The third-order valence-corrected chi connectivity index (χ3v) is 7.21. The molecule has 0 amide bonds. The van der Waals surface area contributed by atoms with Gasteiger partial charge in [0, 0.05) is 28.4 Å². The number of nitrogens with zero attached hydrogens (tertiary/aromatic N) is 3. The SMILES string of the molecule is Clc1ccc(C(Sc2nc(-c3ccccc3)cs2)C(Cl)n2ccnc2)cc1. The van der Waals surface area contributed by atoms with Crippen molar-refractivity contribution >= 4 is 46.3 Å². The van der Waals surface area contributed by atoms with E-state index < -0.39 is 0 Å². The van der Waals surface area contributed by atoms with Gasteiger partial charge in [-0.15, -0.1) is 11.3 Å². The largest absolute Gasteiger partial charge is 0.319 e. The van der Waals surface area contributed by atoms with E-state index in [1.165, 1.54) is 0 Å². The van der Waals surface area contributed by atoms with Crippen LogP contribution in [0.15, 0.2) is 83.0 Å². The number of thioether (sulfide) groups is 1. The maximum Gasteiger partial charge on any atom is 0.151 e. The number of rotatable bonds is 6. The second-order valence-corrected chi connectivity index (χ2v) is 8.97. The molecule has 0 saturated carbocycles. The van der Waals surface area contributed by atoms with E-state index in [2.05, 4.69) is 22.5 Å². The highest BCUT2D eigenvalue weighted by molar-refractivity contribution is 8.01. The summed E-state index contributed by atoms with van der Waals surface area (Å²) >= 11 is 16.1. The summed E-state index contributed by atoms with van der Waals surface area (Å²) < 4.78 is 2.87. The average molecular weight is 432 g/mol. The summed E-state index contributed by atoms with van der Waals surface area (Å²) in [5.74, 6) is 0. The Morgan fingerprint density at radius 3 is 2.52 bits per heavy atom. The molecular formula is C20H15Cl2N3S2. The fourth-order valence-electron chi connectivity index (χ4n) is 2.67. The maximum absolute atomic E-state index is 6.81. The standard InChI is InChI=1S/C20H15Cl2N3S2/c21-16-8-6-15(7-9-16)18(19(22)25-11-10-23-13-25)27-20-24-17(12-26-20)14-4-2-1-3-5-14/h1-13,18-19H. The Hall–Kier alpha value is -1.79. The lowest BCUT2D eigenvalue weighted by atomic mass is 10.1. The van der Waals surface area contributed by atoms with Gasteiger partial charge in [-0.05, 0) is 17.7 Å². The number of aromatic nitrogens is 3. The zero-order valence-electron chi connectivity index (χ0n) is 14.1. The monoisotopic (exact) mass is 431 g/mol. The molecule has 27 heavy (non-hydrogen) atoms. The topological polar surface area (TPSA) is 30.7 Å². The first kappa shape index (κ1) is 18.6. The molecule has 3 nitrogen and oxygen atoms in total. The lowest BCUT2D eigenvalue weighted by Crippen LogP contribution is -2.09. The first-order valence-electron chi connectivity index (χ1n) is 8.25. The van der Waals surface area contributed by atoms with E-state index in [0.29, 0.717) is 5.02 Å². The Morgan fingerprint density at radius 1 is 1.04 bits per heavy atom. The van der Waals surface area contributed by atoms with Crippen molar-refractivity contribution in [3.63, 3.8) is 0 Å². The molecule has 2 unspecified atom stereocenters. The van der Waals surface area contributed by atoms with Gasteiger partial charge in [-0.25, -0.2) is 9.97 Å². The van der Waals surface area contributed by atoms with Gasteiger partial charge in [0.25, 0.3) is 0 Å². The summed E-state index contributed by atoms with van der Waals surface area (Å²) in [6.45, 7) is 0. The van der Waals surface area contributed by atoms with Crippen molar-refractivity contribution < 1.29 is 0 Å². The molecule has 2 atom stereocenters. The zero-order chi connectivity index (χ0) is 18.6. The van der Waals surface area contributed by atoms with Crippen LogP contribution >= 0.6 is 46.3 Å². The molecule has 4 rings (SSSR count). The van der Waals surface area contributed by atoms with Gasteiger partial charge in [-0.3, -0.25) is 0 Å². The summed E-state index contributed by atoms with van der Waals surface area (Å²) in [5.41, 5.74) is 2.88. The van der Waals surface area contributed by atoms with Gasteiger partial charge in [0.2, 0.25) is 0 Å². The molecule has 0 N–H and O–H groups in total. The Morgan fingerprint density at radius 2 is 1.81 bits per heavy atom. The smallest absolute Gasteiger partial charge is 0.151 e. The molecule has 136 valence electrons. The highest BCUT2D eigenvalue weighted by Gasteiger charge is 2.25. The maximum atomic E-state index is 6.81. The predicted molar refractivity (Wildman–Crippen MR) is 115 cm³/mol. The number of imidazole rings is 1. The molecule has 7 heteroatoms. The minimum atomic E-state index is -0.303. The summed E-state index contributed by atoms with van der Waals surface area (Å²) in [7, 11) is 0. The highest BCUT2D eigenvalue weighted by atomic mass is 35.5. The van der Waals surface area contributed by atoms with Gasteiger partial charge in [0.15, 0.2) is 4.34 Å². The Balaban J connectivity index is 1.63. The molecule has 0 bridgehead atoms. The fourth-order valence-corrected chi connectivity index (χ4v) is 5.35. The van der Waals surface area contributed by atoms with Crippen molar-refractivity contribution in [1.29, 1.82) is 0 Å². The van der Waals surface area contributed by atoms with Crippen molar-refractivity contribution in [1.82, 2.24) is 14.5 Å². The van der Waals surface area contributed by atoms with Crippen molar-refractivity contribution in [3.05, 3.63) is 89.3 Å². The number of alkyl halides is 1. The minimum absolute atomic E-state index is 0.0343. The molecule has 2 heterocycles. The van der Waals surface area contributed by atoms with Crippen LogP contribution in [0.25, 0.3) is 11.3 Å². The summed E-state index contributed by atoms with van der Waals surface area (Å²) in [6.07, 6.45) is 5.34. The normalized spacial score (nSPS) is 13.4. The minimum Gasteiger partial charge on any atom is -0.319 e. The fraction of sp³-hybridized carbons (Fsp3) is 0.100. The summed E-state index contributed by atoms with van der Waals surface area (Å²) in [6, 6.07) is 18.0. The molecule has 0 fully saturated rings. The van der Waals surface area contributed by atoms with Gasteiger partial charge in [0.1, 0.15) is 5.50 Å². The molecule has 0 aliphatic carbocycles. The van der Waals surface area contributed by atoms with Crippen LogP contribution in [0.2, 0.25) is 5.02 Å². The van der Waals surface area contributed by atoms with Gasteiger partial charge in [-0.2, -0.15) is 0 Å². The average Bonchev–Trinajstić information content (AvgIpc) is 3.39. The van der Waals surface area contributed by atoms with Crippen molar-refractivity contribution in [2.75, 3.05) is 0 Å². The quantitative estimate of drug-likeness (QED) is 0.244. The van der Waals surface area contributed by atoms with E-state index in [9.17, 15) is 0 Å². The van der Waals surface area contributed by atoms with Crippen molar-refractivity contribution in [3.8, 4) is 11.3 Å². The Kier molecular flexibility index (Phi) is 5.83. The first-order valence-corrected chi connectivity index (χ1v) is 10.8. The third-order valence-electron chi connectivity index (χ3n) is 4.04. The lowest BCUT2D eigenvalue weighted by molar-refractivity contribution is 0.651. The van der Waals surface area contributed by atoms with Crippen LogP contribution in [0.3, 0.4) is 0 Å². The van der Waals surface area contributed by atoms with E-state index in [-0.39, 0.29) is 10.8 Å². The molecule has 0 aliphatic rings. The van der Waals surface area contributed by atoms with Crippen LogP contribution in [-0.2, 0) is 0 Å². The predicted octanol–water partition coefficient (Wildman–Crippen LogP) is 6.93. The molecule has 4 aromatic rings. The van der Waals surface area contributed by atoms with E-state index in [1.807, 2.05) is 53.2 Å². The Bertz CT molecular complexity index is 986. The lowest BCUT2D eigenvalue weighted by Gasteiger charge is -2.22.